The number of amides is 2. The highest BCUT2D eigenvalue weighted by atomic mass is 16.5. The van der Waals surface area contributed by atoms with Crippen molar-refractivity contribution in [3.63, 3.8) is 0 Å². The Balaban J connectivity index is 1.58. The van der Waals surface area contributed by atoms with Crippen molar-refractivity contribution < 1.29 is 14.1 Å². The predicted octanol–water partition coefficient (Wildman–Crippen LogP) is 2.78. The number of hydrogen-bond donors (Lipinski definition) is 1. The fraction of sp³-hybridized carbons (Fsp3) is 0.211. The van der Waals surface area contributed by atoms with E-state index in [1.807, 2.05) is 42.5 Å². The van der Waals surface area contributed by atoms with Gasteiger partial charge in [0.25, 0.3) is 0 Å². The molecule has 3 aromatic rings. The lowest BCUT2D eigenvalue weighted by Gasteiger charge is -2.16. The molecule has 0 aliphatic rings. The van der Waals surface area contributed by atoms with Crippen molar-refractivity contribution in [3.05, 3.63) is 59.9 Å². The maximum atomic E-state index is 12.4. The molecule has 3 rings (SSSR count). The molecule has 0 unspecified atom stereocenters. The van der Waals surface area contributed by atoms with E-state index in [9.17, 15) is 9.59 Å². The first kappa shape index (κ1) is 16.7. The van der Waals surface area contributed by atoms with Gasteiger partial charge in [-0.15, -0.1) is 0 Å². The zero-order valence-electron chi connectivity index (χ0n) is 14.2. The second kappa shape index (κ2) is 7.17. The molecule has 0 atom stereocenters. The number of aryl methyl sites for hydroxylation is 1. The smallest absolute Gasteiger partial charge is 0.245 e. The summed E-state index contributed by atoms with van der Waals surface area (Å²) in [5, 5.41) is 8.52. The molecule has 2 aromatic carbocycles. The standard InChI is InChI=1S/C19H19N3O3/c1-13-9-17(21-25-13)20-18(23)12-22(2)19(24)11-14-7-8-15-5-3-4-6-16(15)10-14/h3-10H,11-12H2,1-2H3,(H,20,21,23). The van der Waals surface area contributed by atoms with Crippen LogP contribution >= 0.6 is 0 Å². The number of anilines is 1. The molecule has 1 heterocycles. The van der Waals surface area contributed by atoms with Gasteiger partial charge in [-0.2, -0.15) is 0 Å². The molecule has 0 fully saturated rings. The van der Waals surface area contributed by atoms with Crippen molar-refractivity contribution in [3.8, 4) is 0 Å². The number of aromatic nitrogens is 1. The lowest BCUT2D eigenvalue weighted by molar-refractivity contribution is -0.132. The molecule has 1 aromatic heterocycles. The normalized spacial score (nSPS) is 10.6. The number of rotatable bonds is 5. The van der Waals surface area contributed by atoms with Crippen LogP contribution in [0.25, 0.3) is 10.8 Å². The number of benzene rings is 2. The van der Waals surface area contributed by atoms with E-state index in [2.05, 4.69) is 10.5 Å². The monoisotopic (exact) mass is 337 g/mol. The topological polar surface area (TPSA) is 75.4 Å². The van der Waals surface area contributed by atoms with Crippen molar-refractivity contribution >= 4 is 28.4 Å². The summed E-state index contributed by atoms with van der Waals surface area (Å²) in [4.78, 5) is 25.7. The van der Waals surface area contributed by atoms with E-state index < -0.39 is 0 Å². The Kier molecular flexibility index (Phi) is 4.79. The Morgan fingerprint density at radius 1 is 1.12 bits per heavy atom. The van der Waals surface area contributed by atoms with Gasteiger partial charge in [0.15, 0.2) is 5.82 Å². The average Bonchev–Trinajstić information content (AvgIpc) is 2.99. The van der Waals surface area contributed by atoms with Crippen LogP contribution in [0, 0.1) is 6.92 Å². The summed E-state index contributed by atoms with van der Waals surface area (Å²) >= 11 is 0. The average molecular weight is 337 g/mol. The quantitative estimate of drug-likeness (QED) is 0.777. The highest BCUT2D eigenvalue weighted by Crippen LogP contribution is 2.16. The van der Waals surface area contributed by atoms with Crippen LogP contribution in [-0.2, 0) is 16.0 Å². The van der Waals surface area contributed by atoms with Crippen molar-refractivity contribution in [1.29, 1.82) is 0 Å². The van der Waals surface area contributed by atoms with Crippen LogP contribution in [0.1, 0.15) is 11.3 Å². The highest BCUT2D eigenvalue weighted by Gasteiger charge is 2.15. The van der Waals surface area contributed by atoms with Gasteiger partial charge in [-0.25, -0.2) is 0 Å². The van der Waals surface area contributed by atoms with E-state index in [0.717, 1.165) is 16.3 Å². The van der Waals surface area contributed by atoms with E-state index in [-0.39, 0.29) is 24.8 Å². The van der Waals surface area contributed by atoms with Crippen molar-refractivity contribution in [2.45, 2.75) is 13.3 Å². The molecule has 0 saturated carbocycles. The van der Waals surface area contributed by atoms with E-state index in [1.54, 1.807) is 20.0 Å². The molecule has 0 saturated heterocycles. The van der Waals surface area contributed by atoms with Gasteiger partial charge < -0.3 is 14.7 Å². The van der Waals surface area contributed by atoms with Crippen LogP contribution in [0.15, 0.2) is 53.1 Å². The number of likely N-dealkylation sites (N-methyl/N-ethyl adjacent to an activating group) is 1. The summed E-state index contributed by atoms with van der Waals surface area (Å²) in [5.41, 5.74) is 0.920. The molecule has 0 bridgehead atoms. The summed E-state index contributed by atoms with van der Waals surface area (Å²) in [6.45, 7) is 1.69. The lowest BCUT2D eigenvalue weighted by Crippen LogP contribution is -2.35. The van der Waals surface area contributed by atoms with Crippen LogP contribution in [0.2, 0.25) is 0 Å². The second-order valence-corrected chi connectivity index (χ2v) is 5.98. The molecular weight excluding hydrogens is 318 g/mol. The number of fused-ring (bicyclic) bond motifs is 1. The summed E-state index contributed by atoms with van der Waals surface area (Å²) in [7, 11) is 1.61. The van der Waals surface area contributed by atoms with Gasteiger partial charge in [-0.05, 0) is 23.3 Å². The van der Waals surface area contributed by atoms with Crippen LogP contribution in [0.5, 0.6) is 0 Å². The first-order valence-electron chi connectivity index (χ1n) is 7.96. The Bertz CT molecular complexity index is 917. The maximum absolute atomic E-state index is 12.4. The third kappa shape index (κ3) is 4.23. The minimum Gasteiger partial charge on any atom is -0.360 e. The van der Waals surface area contributed by atoms with Crippen LogP contribution in [0.4, 0.5) is 5.82 Å². The molecule has 25 heavy (non-hydrogen) atoms. The Labute approximate surface area is 145 Å². The minimum absolute atomic E-state index is 0.0433. The van der Waals surface area contributed by atoms with Gasteiger partial charge in [0.05, 0.1) is 13.0 Å². The molecule has 128 valence electrons. The predicted molar refractivity (Wildman–Crippen MR) is 95.2 cm³/mol. The molecule has 6 nitrogen and oxygen atoms in total. The Hall–Kier alpha value is -3.15. The second-order valence-electron chi connectivity index (χ2n) is 5.98. The van der Waals surface area contributed by atoms with E-state index in [0.29, 0.717) is 11.6 Å². The fourth-order valence-electron chi connectivity index (χ4n) is 2.57. The Morgan fingerprint density at radius 3 is 2.60 bits per heavy atom. The number of hydrogen-bond acceptors (Lipinski definition) is 4. The molecule has 0 radical (unpaired) electrons. The molecular formula is C19H19N3O3. The number of carbonyl (C=O) groups is 2. The van der Waals surface area contributed by atoms with Gasteiger partial charge in [0.1, 0.15) is 5.76 Å². The fourth-order valence-corrected chi connectivity index (χ4v) is 2.57. The van der Waals surface area contributed by atoms with Gasteiger partial charge in [0.2, 0.25) is 11.8 Å². The van der Waals surface area contributed by atoms with Crippen LogP contribution in [-0.4, -0.2) is 35.5 Å². The molecule has 1 N–H and O–H groups in total. The van der Waals surface area contributed by atoms with Crippen LogP contribution in [0.3, 0.4) is 0 Å². The van der Waals surface area contributed by atoms with E-state index in [4.69, 9.17) is 4.52 Å². The molecule has 0 aliphatic heterocycles. The third-order valence-electron chi connectivity index (χ3n) is 3.87. The van der Waals surface area contributed by atoms with E-state index >= 15 is 0 Å². The van der Waals surface area contributed by atoms with E-state index in [1.165, 1.54) is 4.90 Å². The van der Waals surface area contributed by atoms with Crippen LogP contribution < -0.4 is 5.32 Å². The molecule has 0 aliphatic carbocycles. The summed E-state index contributed by atoms with van der Waals surface area (Å²) in [6, 6.07) is 15.5. The molecule has 2 amide bonds. The number of nitrogens with zero attached hydrogens (tertiary/aromatic N) is 2. The summed E-state index contributed by atoms with van der Waals surface area (Å²) in [6.07, 6.45) is 0.248. The number of carbonyl (C=O) groups excluding carboxylic acids is 2. The third-order valence-corrected chi connectivity index (χ3v) is 3.87. The summed E-state index contributed by atoms with van der Waals surface area (Å²) in [5.74, 6) is 0.512. The minimum atomic E-state index is -0.317. The lowest BCUT2D eigenvalue weighted by atomic mass is 10.0. The SMILES string of the molecule is Cc1cc(NC(=O)CN(C)C(=O)Cc2ccc3ccccc3c2)no1. The first-order chi connectivity index (χ1) is 12.0. The molecule has 0 spiro atoms. The van der Waals surface area contributed by atoms with Gasteiger partial charge in [-0.3, -0.25) is 9.59 Å². The molecule has 6 heteroatoms. The maximum Gasteiger partial charge on any atom is 0.245 e. The zero-order valence-corrected chi connectivity index (χ0v) is 14.2. The zero-order chi connectivity index (χ0) is 17.8. The Morgan fingerprint density at radius 2 is 1.88 bits per heavy atom. The highest BCUT2D eigenvalue weighted by molar-refractivity contribution is 5.94. The van der Waals surface area contributed by atoms with Gasteiger partial charge in [-0.1, -0.05) is 47.6 Å². The van der Waals surface area contributed by atoms with Crippen molar-refractivity contribution in [1.82, 2.24) is 10.1 Å². The largest absolute Gasteiger partial charge is 0.360 e. The van der Waals surface area contributed by atoms with Gasteiger partial charge in [0, 0.05) is 13.1 Å². The van der Waals surface area contributed by atoms with Crippen molar-refractivity contribution in [2.24, 2.45) is 0 Å². The van der Waals surface area contributed by atoms with Gasteiger partial charge >= 0.3 is 0 Å². The number of nitrogens with one attached hydrogen (secondary N) is 1. The summed E-state index contributed by atoms with van der Waals surface area (Å²) < 4.78 is 4.89. The first-order valence-corrected chi connectivity index (χ1v) is 7.96. The van der Waals surface area contributed by atoms with Crippen molar-refractivity contribution in [2.75, 3.05) is 18.9 Å².